The van der Waals surface area contributed by atoms with E-state index in [2.05, 4.69) is 0 Å². The summed E-state index contributed by atoms with van der Waals surface area (Å²) >= 11 is 0. The summed E-state index contributed by atoms with van der Waals surface area (Å²) in [6, 6.07) is 17.6. The fraction of sp³-hybridized carbons (Fsp3) is 0.212. The number of benzene rings is 3. The van der Waals surface area contributed by atoms with Crippen molar-refractivity contribution in [2.75, 3.05) is 20.8 Å². The van der Waals surface area contributed by atoms with E-state index in [1.807, 2.05) is 0 Å². The van der Waals surface area contributed by atoms with Crippen LogP contribution in [0.1, 0.15) is 36.5 Å². The van der Waals surface area contributed by atoms with Gasteiger partial charge in [-0.25, -0.2) is 0 Å². The first kappa shape index (κ1) is 32.9. The molecule has 3 aromatic carbocycles. The minimum atomic E-state index is -1.43. The number of nitrogens with zero attached hydrogens (tertiary/aromatic N) is 1. The fourth-order valence-corrected chi connectivity index (χ4v) is 4.42. The van der Waals surface area contributed by atoms with E-state index in [1.165, 1.54) is 76.6 Å². The number of allylic oxidation sites excluding steroid dienone is 2. The van der Waals surface area contributed by atoms with Crippen LogP contribution in [-0.4, -0.2) is 49.2 Å². The minimum absolute atomic E-state index is 0.189. The molecule has 1 atom stereocenters. The van der Waals surface area contributed by atoms with E-state index in [0.717, 1.165) is 0 Å². The highest BCUT2D eigenvalue weighted by molar-refractivity contribution is 6.14. The van der Waals surface area contributed by atoms with E-state index < -0.39 is 46.8 Å². The molecule has 0 spiro atoms. The number of ketones is 2. The summed E-state index contributed by atoms with van der Waals surface area (Å²) in [6.07, 6.45) is 5.26. The lowest BCUT2D eigenvalue weighted by Gasteiger charge is -2.21. The van der Waals surface area contributed by atoms with Crippen LogP contribution < -0.4 is 18.9 Å². The van der Waals surface area contributed by atoms with Crippen LogP contribution in [0.2, 0.25) is 0 Å². The van der Waals surface area contributed by atoms with Crippen molar-refractivity contribution in [2.24, 2.45) is 5.92 Å². The summed E-state index contributed by atoms with van der Waals surface area (Å²) in [5, 5.41) is 11.7. The van der Waals surface area contributed by atoms with Gasteiger partial charge in [0.05, 0.1) is 26.1 Å². The zero-order chi connectivity index (χ0) is 32.2. The van der Waals surface area contributed by atoms with Gasteiger partial charge in [-0.15, -0.1) is 0 Å². The minimum Gasteiger partial charge on any atom is -0.493 e. The molecule has 0 N–H and O–H groups in total. The van der Waals surface area contributed by atoms with Crippen LogP contribution in [-0.2, 0) is 19.2 Å². The molecule has 11 heteroatoms. The summed E-state index contributed by atoms with van der Waals surface area (Å²) in [5.74, 6) is -4.00. The monoisotopic (exact) mass is 601 g/mol. The number of carbonyl (C=O) groups is 4. The Hall–Kier alpha value is -5.58. The third-order valence-electron chi connectivity index (χ3n) is 6.35. The molecule has 0 aliphatic rings. The second-order valence-corrected chi connectivity index (χ2v) is 9.49. The van der Waals surface area contributed by atoms with Gasteiger partial charge < -0.3 is 18.9 Å². The molecule has 0 unspecified atom stereocenters. The van der Waals surface area contributed by atoms with Crippen molar-refractivity contribution in [1.82, 2.24) is 0 Å². The topological polar surface area (TPSA) is 148 Å². The molecule has 0 aliphatic heterocycles. The Morgan fingerprint density at radius 1 is 0.727 bits per heavy atom. The molecule has 0 fully saturated rings. The van der Waals surface area contributed by atoms with Gasteiger partial charge in [0.1, 0.15) is 0 Å². The van der Waals surface area contributed by atoms with Gasteiger partial charge in [0.15, 0.2) is 34.6 Å². The quantitative estimate of drug-likeness (QED) is 0.0610. The molecule has 44 heavy (non-hydrogen) atoms. The number of methoxy groups -OCH3 is 2. The van der Waals surface area contributed by atoms with Crippen LogP contribution in [0.25, 0.3) is 12.2 Å². The third kappa shape index (κ3) is 9.21. The molecular weight excluding hydrogens is 570 g/mol. The number of carbonyl (C=O) groups excluding carboxylic acids is 4. The molecule has 3 rings (SSSR count). The lowest BCUT2D eigenvalue weighted by Crippen LogP contribution is -2.32. The summed E-state index contributed by atoms with van der Waals surface area (Å²) in [5.41, 5.74) is 1.45. The summed E-state index contributed by atoms with van der Waals surface area (Å²) in [6.45, 7) is 1.84. The fourth-order valence-electron chi connectivity index (χ4n) is 4.42. The van der Waals surface area contributed by atoms with Gasteiger partial charge in [-0.1, -0.05) is 54.6 Å². The molecule has 11 nitrogen and oxygen atoms in total. The predicted octanol–water partition coefficient (Wildman–Crippen LogP) is 5.10. The highest BCUT2D eigenvalue weighted by Crippen LogP contribution is 2.32. The second-order valence-electron chi connectivity index (χ2n) is 9.49. The normalized spacial score (nSPS) is 11.8. The maximum atomic E-state index is 13.6. The van der Waals surface area contributed by atoms with Crippen molar-refractivity contribution in [3.8, 4) is 23.0 Å². The van der Waals surface area contributed by atoms with Crippen LogP contribution in [0.4, 0.5) is 0 Å². The molecule has 3 aromatic rings. The average Bonchev–Trinajstić information content (AvgIpc) is 2.99. The Morgan fingerprint density at radius 3 is 1.57 bits per heavy atom. The molecule has 0 aromatic heterocycles. The number of ether oxygens (including phenoxy) is 4. The van der Waals surface area contributed by atoms with Crippen LogP contribution in [0.3, 0.4) is 0 Å². The zero-order valence-electron chi connectivity index (χ0n) is 24.6. The first-order valence-corrected chi connectivity index (χ1v) is 13.4. The van der Waals surface area contributed by atoms with Gasteiger partial charge in [-0.2, -0.15) is 0 Å². The molecule has 228 valence electrons. The lowest BCUT2D eigenvalue weighted by molar-refractivity contribution is -0.484. The number of nitro groups is 1. The molecule has 0 heterocycles. The first-order valence-electron chi connectivity index (χ1n) is 13.4. The van der Waals surface area contributed by atoms with Crippen LogP contribution in [0.5, 0.6) is 23.0 Å². The van der Waals surface area contributed by atoms with Crippen LogP contribution >= 0.6 is 0 Å². The number of esters is 2. The average molecular weight is 602 g/mol. The maximum absolute atomic E-state index is 13.6. The highest BCUT2D eigenvalue weighted by Gasteiger charge is 2.36. The predicted molar refractivity (Wildman–Crippen MR) is 161 cm³/mol. The number of rotatable bonds is 14. The van der Waals surface area contributed by atoms with Gasteiger partial charge in [0.25, 0.3) is 0 Å². The summed E-state index contributed by atoms with van der Waals surface area (Å²) < 4.78 is 20.7. The Bertz CT molecular complexity index is 1500. The lowest BCUT2D eigenvalue weighted by atomic mass is 9.80. The van der Waals surface area contributed by atoms with E-state index >= 15 is 0 Å². The van der Waals surface area contributed by atoms with Gasteiger partial charge >= 0.3 is 11.9 Å². The molecular formula is C33H31NO10. The molecule has 0 saturated carbocycles. The summed E-state index contributed by atoms with van der Waals surface area (Å²) in [7, 11) is 2.78. The van der Waals surface area contributed by atoms with Crippen molar-refractivity contribution in [2.45, 2.75) is 19.8 Å². The van der Waals surface area contributed by atoms with Crippen molar-refractivity contribution in [3.63, 3.8) is 0 Å². The number of hydrogen-bond donors (Lipinski definition) is 0. The molecule has 0 saturated heterocycles. The molecule has 0 amide bonds. The van der Waals surface area contributed by atoms with Crippen molar-refractivity contribution >= 4 is 35.7 Å². The van der Waals surface area contributed by atoms with Crippen LogP contribution in [0, 0.1) is 16.0 Å². The zero-order valence-corrected chi connectivity index (χ0v) is 24.6. The largest absolute Gasteiger partial charge is 0.493 e. The summed E-state index contributed by atoms with van der Waals surface area (Å²) in [4.78, 5) is 61.2. The molecule has 0 radical (unpaired) electrons. The van der Waals surface area contributed by atoms with Crippen molar-refractivity contribution in [1.29, 1.82) is 0 Å². The van der Waals surface area contributed by atoms with Gasteiger partial charge in [0.2, 0.25) is 6.54 Å². The van der Waals surface area contributed by atoms with Gasteiger partial charge in [-0.05, 0) is 53.1 Å². The van der Waals surface area contributed by atoms with Gasteiger partial charge in [0, 0.05) is 18.8 Å². The Labute approximate surface area is 253 Å². The van der Waals surface area contributed by atoms with E-state index in [-0.39, 0.29) is 23.0 Å². The van der Waals surface area contributed by atoms with E-state index in [1.54, 1.807) is 42.5 Å². The second kappa shape index (κ2) is 15.6. The molecule has 0 bridgehead atoms. The maximum Gasteiger partial charge on any atom is 0.308 e. The Kier molecular flexibility index (Phi) is 11.7. The SMILES string of the molecule is COc1cc(/C=C/C(=O)C(C(=O)/C=C/c2ccc(OC(C)=O)c(OC)c2)[C@@H](C[N+](=O)[O-])c2ccccc2)ccc1OC(C)=O. The third-order valence-corrected chi connectivity index (χ3v) is 6.35. The smallest absolute Gasteiger partial charge is 0.308 e. The van der Waals surface area contributed by atoms with E-state index in [9.17, 15) is 29.3 Å². The van der Waals surface area contributed by atoms with Gasteiger partial charge in [-0.3, -0.25) is 29.3 Å². The van der Waals surface area contributed by atoms with Crippen LogP contribution in [0.15, 0.2) is 78.9 Å². The standard InChI is InChI=1S/C33H31NO10/c1-21(35)43-29-16-12-23(18-31(29)41-3)10-14-27(37)33(26(20-34(39)40)25-8-6-5-7-9-25)28(38)15-11-24-13-17-30(44-22(2)36)32(19-24)42-4/h5-19,26,33H,20H2,1-4H3/b14-10+,15-11+/t26-/m0/s1. The highest BCUT2D eigenvalue weighted by atomic mass is 16.6. The van der Waals surface area contributed by atoms with E-state index in [0.29, 0.717) is 16.7 Å². The number of hydrogen-bond acceptors (Lipinski definition) is 10. The Morgan fingerprint density at radius 2 is 1.18 bits per heavy atom. The van der Waals surface area contributed by atoms with E-state index in [4.69, 9.17) is 18.9 Å². The van der Waals surface area contributed by atoms with Crippen molar-refractivity contribution in [3.05, 3.63) is 106 Å². The van der Waals surface area contributed by atoms with Crippen molar-refractivity contribution < 1.29 is 43.0 Å². The molecule has 0 aliphatic carbocycles. The Balaban J connectivity index is 1.99. The first-order chi connectivity index (χ1) is 21.0.